The Balaban J connectivity index is 2.13. The minimum absolute atomic E-state index is 0.0103. The quantitative estimate of drug-likeness (QED) is 0.388. The Morgan fingerprint density at radius 2 is 2.00 bits per heavy atom. The van der Waals surface area contributed by atoms with Gasteiger partial charge in [0.05, 0.1) is 5.02 Å². The summed E-state index contributed by atoms with van der Waals surface area (Å²) in [5.74, 6) is -0.285. The van der Waals surface area contributed by atoms with E-state index in [0.717, 1.165) is 6.07 Å². The van der Waals surface area contributed by atoms with Gasteiger partial charge in [-0.3, -0.25) is 0 Å². The topological polar surface area (TPSA) is 67.8 Å². The fourth-order valence-corrected chi connectivity index (χ4v) is 2.09. The highest BCUT2D eigenvalue weighted by molar-refractivity contribution is 6.35. The Bertz CT molecular complexity index is 693. The maximum atomic E-state index is 13.9. The third kappa shape index (κ3) is 3.77. The summed E-state index contributed by atoms with van der Waals surface area (Å²) in [5.41, 5.74) is 5.98. The first-order valence-corrected chi connectivity index (χ1v) is 6.61. The van der Waals surface area contributed by atoms with Gasteiger partial charge < -0.3 is 15.7 Å². The van der Waals surface area contributed by atoms with Gasteiger partial charge in [-0.15, -0.1) is 0 Å². The van der Waals surface area contributed by atoms with E-state index in [2.05, 4.69) is 5.16 Å². The average Bonchev–Trinajstić information content (AvgIpc) is 2.46. The zero-order valence-corrected chi connectivity index (χ0v) is 12.2. The van der Waals surface area contributed by atoms with Crippen LogP contribution in [-0.4, -0.2) is 11.0 Å². The molecule has 0 atom stereocenters. The number of hydrogen-bond acceptors (Lipinski definition) is 3. The predicted octanol–water partition coefficient (Wildman–Crippen LogP) is 3.81. The molecule has 0 heterocycles. The van der Waals surface area contributed by atoms with Crippen molar-refractivity contribution < 1.29 is 14.3 Å². The van der Waals surface area contributed by atoms with Crippen molar-refractivity contribution in [3.05, 3.63) is 63.4 Å². The van der Waals surface area contributed by atoms with Gasteiger partial charge in [-0.1, -0.05) is 40.5 Å². The van der Waals surface area contributed by atoms with Gasteiger partial charge in [0.25, 0.3) is 0 Å². The van der Waals surface area contributed by atoms with E-state index in [-0.39, 0.29) is 18.0 Å². The summed E-state index contributed by atoms with van der Waals surface area (Å²) in [4.78, 5) is 0. The van der Waals surface area contributed by atoms with Crippen LogP contribution in [0.5, 0.6) is 5.75 Å². The molecule has 0 aromatic heterocycles. The molecule has 0 bridgehead atoms. The molecule has 3 N–H and O–H groups in total. The fourth-order valence-electron chi connectivity index (χ4n) is 1.63. The van der Waals surface area contributed by atoms with E-state index < -0.39 is 5.82 Å². The minimum Gasteiger partial charge on any atom is -0.487 e. The number of amidine groups is 1. The molecule has 2 rings (SSSR count). The van der Waals surface area contributed by atoms with Crippen LogP contribution in [0.3, 0.4) is 0 Å². The number of oxime groups is 1. The standard InChI is InChI=1S/C14H11Cl2FN2O2/c15-10-3-4-13(11(16)6-10)21-7-9-2-1-8(5-12(9)17)14(18)19-20/h1-6,20H,7H2,(H2,18,19). The summed E-state index contributed by atoms with van der Waals surface area (Å²) in [6, 6.07) is 8.95. The number of hydrogen-bond donors (Lipinski definition) is 2. The van der Waals surface area contributed by atoms with Crippen LogP contribution in [0.25, 0.3) is 0 Å². The van der Waals surface area contributed by atoms with E-state index in [1.165, 1.54) is 18.2 Å². The maximum absolute atomic E-state index is 13.9. The number of halogens is 3. The van der Waals surface area contributed by atoms with Crippen molar-refractivity contribution in [2.75, 3.05) is 0 Å². The van der Waals surface area contributed by atoms with Crippen molar-refractivity contribution in [2.45, 2.75) is 6.61 Å². The highest BCUT2D eigenvalue weighted by atomic mass is 35.5. The highest BCUT2D eigenvalue weighted by Crippen LogP contribution is 2.28. The number of nitrogens with two attached hydrogens (primary N) is 1. The van der Waals surface area contributed by atoms with Gasteiger partial charge in [0.15, 0.2) is 5.84 Å². The Hall–Kier alpha value is -1.98. The Labute approximate surface area is 130 Å². The molecule has 0 radical (unpaired) electrons. The largest absolute Gasteiger partial charge is 0.487 e. The second kappa shape index (κ2) is 6.65. The number of benzene rings is 2. The Kier molecular flexibility index (Phi) is 4.88. The highest BCUT2D eigenvalue weighted by Gasteiger charge is 2.09. The molecule has 0 fully saturated rings. The Morgan fingerprint density at radius 1 is 1.24 bits per heavy atom. The molecule has 0 aliphatic heterocycles. The van der Waals surface area contributed by atoms with Gasteiger partial charge in [-0.25, -0.2) is 4.39 Å². The number of rotatable bonds is 4. The maximum Gasteiger partial charge on any atom is 0.170 e. The summed E-state index contributed by atoms with van der Waals surface area (Å²) in [6.45, 7) is -0.0103. The smallest absolute Gasteiger partial charge is 0.170 e. The van der Waals surface area contributed by atoms with E-state index in [4.69, 9.17) is 38.9 Å². The van der Waals surface area contributed by atoms with Crippen LogP contribution >= 0.6 is 23.2 Å². The molecule has 0 saturated carbocycles. The van der Waals surface area contributed by atoms with Crippen molar-refractivity contribution in [2.24, 2.45) is 10.9 Å². The van der Waals surface area contributed by atoms with Crippen molar-refractivity contribution in [1.82, 2.24) is 0 Å². The average molecular weight is 329 g/mol. The monoisotopic (exact) mass is 328 g/mol. The van der Waals surface area contributed by atoms with E-state index in [0.29, 0.717) is 21.4 Å². The molecule has 0 aliphatic rings. The van der Waals surface area contributed by atoms with Gasteiger partial charge in [-0.2, -0.15) is 0 Å². The SMILES string of the molecule is N/C(=N\O)c1ccc(COc2ccc(Cl)cc2Cl)c(F)c1. The summed E-state index contributed by atoms with van der Waals surface area (Å²) in [7, 11) is 0. The molecule has 0 spiro atoms. The lowest BCUT2D eigenvalue weighted by Crippen LogP contribution is -2.13. The van der Waals surface area contributed by atoms with Crippen LogP contribution in [0.1, 0.15) is 11.1 Å². The fraction of sp³-hybridized carbons (Fsp3) is 0.0714. The lowest BCUT2D eigenvalue weighted by atomic mass is 10.1. The molecule has 4 nitrogen and oxygen atoms in total. The van der Waals surface area contributed by atoms with Crippen LogP contribution in [0.2, 0.25) is 10.0 Å². The third-order valence-electron chi connectivity index (χ3n) is 2.73. The van der Waals surface area contributed by atoms with Gasteiger partial charge in [-0.05, 0) is 24.3 Å². The summed E-state index contributed by atoms with van der Waals surface area (Å²) >= 11 is 11.7. The third-order valence-corrected chi connectivity index (χ3v) is 3.26. The van der Waals surface area contributed by atoms with Crippen LogP contribution in [0.4, 0.5) is 4.39 Å². The van der Waals surface area contributed by atoms with Crippen molar-refractivity contribution >= 4 is 29.0 Å². The molecule has 0 saturated heterocycles. The normalized spacial score (nSPS) is 11.5. The van der Waals surface area contributed by atoms with Gasteiger partial charge in [0.2, 0.25) is 0 Å². The summed E-state index contributed by atoms with van der Waals surface area (Å²) in [5, 5.41) is 12.2. The zero-order valence-electron chi connectivity index (χ0n) is 10.7. The van der Waals surface area contributed by atoms with E-state index in [1.807, 2.05) is 0 Å². The molecule has 21 heavy (non-hydrogen) atoms. The van der Waals surface area contributed by atoms with Gasteiger partial charge in [0.1, 0.15) is 18.2 Å². The first-order valence-electron chi connectivity index (χ1n) is 5.85. The van der Waals surface area contributed by atoms with E-state index in [1.54, 1.807) is 12.1 Å². The van der Waals surface area contributed by atoms with Crippen molar-refractivity contribution in [3.63, 3.8) is 0 Å². The summed E-state index contributed by atoms with van der Waals surface area (Å²) < 4.78 is 19.3. The molecule has 7 heteroatoms. The summed E-state index contributed by atoms with van der Waals surface area (Å²) in [6.07, 6.45) is 0. The molecule has 0 unspecified atom stereocenters. The van der Waals surface area contributed by atoms with Crippen LogP contribution in [0, 0.1) is 5.82 Å². The van der Waals surface area contributed by atoms with Gasteiger partial charge >= 0.3 is 0 Å². The lowest BCUT2D eigenvalue weighted by Gasteiger charge is -2.10. The number of ether oxygens (including phenoxy) is 1. The Morgan fingerprint density at radius 3 is 2.62 bits per heavy atom. The van der Waals surface area contributed by atoms with E-state index >= 15 is 0 Å². The van der Waals surface area contributed by atoms with Crippen LogP contribution in [0.15, 0.2) is 41.6 Å². The van der Waals surface area contributed by atoms with Crippen LogP contribution < -0.4 is 10.5 Å². The first kappa shape index (κ1) is 15.4. The van der Waals surface area contributed by atoms with Gasteiger partial charge in [0, 0.05) is 16.1 Å². The van der Waals surface area contributed by atoms with E-state index in [9.17, 15) is 4.39 Å². The number of nitrogens with zero attached hydrogens (tertiary/aromatic N) is 1. The van der Waals surface area contributed by atoms with Crippen molar-refractivity contribution in [1.29, 1.82) is 0 Å². The first-order chi connectivity index (χ1) is 10.0. The molecule has 0 aliphatic carbocycles. The second-order valence-corrected chi connectivity index (χ2v) is 5.00. The molecular weight excluding hydrogens is 318 g/mol. The zero-order chi connectivity index (χ0) is 15.4. The predicted molar refractivity (Wildman–Crippen MR) is 79.7 cm³/mol. The lowest BCUT2D eigenvalue weighted by molar-refractivity contribution is 0.300. The van der Waals surface area contributed by atoms with Crippen LogP contribution in [-0.2, 0) is 6.61 Å². The van der Waals surface area contributed by atoms with Crippen molar-refractivity contribution in [3.8, 4) is 5.75 Å². The molecule has 0 amide bonds. The molecule has 2 aromatic rings. The molecule has 2 aromatic carbocycles. The minimum atomic E-state index is -0.524. The molecular formula is C14H11Cl2FN2O2. The second-order valence-electron chi connectivity index (χ2n) is 4.15. The molecule has 110 valence electrons.